The Morgan fingerprint density at radius 1 is 1.07 bits per heavy atom. The summed E-state index contributed by atoms with van der Waals surface area (Å²) in [6, 6.07) is 10.3. The Hall–Kier alpha value is -1.57. The molecule has 0 bridgehead atoms. The van der Waals surface area contributed by atoms with Gasteiger partial charge in [-0.25, -0.2) is 0 Å². The number of rotatable bonds is 2. The summed E-state index contributed by atoms with van der Waals surface area (Å²) in [6.45, 7) is 0. The van der Waals surface area contributed by atoms with Gasteiger partial charge < -0.3 is 5.21 Å². The molecule has 0 aromatic heterocycles. The van der Waals surface area contributed by atoms with E-state index in [0.717, 1.165) is 12.8 Å². The lowest BCUT2D eigenvalue weighted by Gasteiger charge is -2.17. The standard InChI is InChI=1S/C13H15NO/c15-14-10-12-8-4-5-9-13(12)11-6-2-1-3-7-11/h1-3,6-7,10,15H,4-5,8-9H2/b14-10+. The summed E-state index contributed by atoms with van der Waals surface area (Å²) in [4.78, 5) is 0. The van der Waals surface area contributed by atoms with Crippen molar-refractivity contribution in [3.8, 4) is 0 Å². The molecule has 0 radical (unpaired) electrons. The molecule has 2 rings (SSSR count). The quantitative estimate of drug-likeness (QED) is 0.443. The molecule has 0 fully saturated rings. The van der Waals surface area contributed by atoms with Crippen LogP contribution in [-0.4, -0.2) is 11.4 Å². The Kier molecular flexibility index (Phi) is 3.18. The van der Waals surface area contributed by atoms with Gasteiger partial charge in [-0.3, -0.25) is 0 Å². The highest BCUT2D eigenvalue weighted by molar-refractivity contribution is 5.91. The van der Waals surface area contributed by atoms with E-state index in [0.29, 0.717) is 0 Å². The predicted octanol–water partition coefficient (Wildman–Crippen LogP) is 3.47. The van der Waals surface area contributed by atoms with Crippen molar-refractivity contribution in [3.63, 3.8) is 0 Å². The third-order valence-electron chi connectivity index (χ3n) is 2.85. The molecule has 0 amide bonds. The molecule has 1 aliphatic carbocycles. The van der Waals surface area contributed by atoms with Crippen LogP contribution in [0, 0.1) is 0 Å². The third kappa shape index (κ3) is 2.27. The van der Waals surface area contributed by atoms with Gasteiger partial charge in [0.1, 0.15) is 0 Å². The second-order valence-electron chi connectivity index (χ2n) is 3.82. The van der Waals surface area contributed by atoms with Crippen LogP contribution in [0.5, 0.6) is 0 Å². The van der Waals surface area contributed by atoms with Crippen LogP contribution < -0.4 is 0 Å². The van der Waals surface area contributed by atoms with Crippen LogP contribution in [0.2, 0.25) is 0 Å². The molecular formula is C13H15NO. The van der Waals surface area contributed by atoms with E-state index in [1.807, 2.05) is 18.2 Å². The highest BCUT2D eigenvalue weighted by atomic mass is 16.4. The number of oxime groups is 1. The fourth-order valence-electron chi connectivity index (χ4n) is 2.11. The first-order chi connectivity index (χ1) is 7.42. The fraction of sp³-hybridized carbons (Fsp3) is 0.308. The molecule has 0 heterocycles. The van der Waals surface area contributed by atoms with E-state index in [1.54, 1.807) is 6.21 Å². The smallest absolute Gasteiger partial charge is 0.0696 e. The monoisotopic (exact) mass is 201 g/mol. The first-order valence-corrected chi connectivity index (χ1v) is 5.36. The zero-order valence-electron chi connectivity index (χ0n) is 8.69. The van der Waals surface area contributed by atoms with Gasteiger partial charge in [0.25, 0.3) is 0 Å². The molecule has 0 saturated carbocycles. The van der Waals surface area contributed by atoms with Gasteiger partial charge in [-0.05, 0) is 42.4 Å². The Morgan fingerprint density at radius 3 is 2.53 bits per heavy atom. The molecule has 0 unspecified atom stereocenters. The Labute approximate surface area is 89.9 Å². The average molecular weight is 201 g/mol. The van der Waals surface area contributed by atoms with Crippen LogP contribution in [0.1, 0.15) is 31.2 Å². The van der Waals surface area contributed by atoms with Crippen molar-refractivity contribution < 1.29 is 5.21 Å². The van der Waals surface area contributed by atoms with E-state index in [1.165, 1.54) is 29.6 Å². The Morgan fingerprint density at radius 2 is 1.80 bits per heavy atom. The molecule has 2 heteroatoms. The summed E-state index contributed by atoms with van der Waals surface area (Å²) in [7, 11) is 0. The van der Waals surface area contributed by atoms with Gasteiger partial charge in [0, 0.05) is 0 Å². The minimum atomic E-state index is 1.02. The lowest BCUT2D eigenvalue weighted by atomic mass is 9.88. The maximum Gasteiger partial charge on any atom is 0.0696 e. The zero-order valence-corrected chi connectivity index (χ0v) is 8.69. The highest BCUT2D eigenvalue weighted by Crippen LogP contribution is 2.31. The summed E-state index contributed by atoms with van der Waals surface area (Å²) in [6.07, 6.45) is 6.12. The van der Waals surface area contributed by atoms with E-state index in [-0.39, 0.29) is 0 Å². The second-order valence-corrected chi connectivity index (χ2v) is 3.82. The zero-order chi connectivity index (χ0) is 10.5. The van der Waals surface area contributed by atoms with Crippen LogP contribution in [0.3, 0.4) is 0 Å². The van der Waals surface area contributed by atoms with Gasteiger partial charge in [0.2, 0.25) is 0 Å². The fourth-order valence-corrected chi connectivity index (χ4v) is 2.11. The lowest BCUT2D eigenvalue weighted by Crippen LogP contribution is -2.00. The number of benzene rings is 1. The Bertz CT molecular complexity index is 379. The first-order valence-electron chi connectivity index (χ1n) is 5.36. The molecule has 1 aromatic rings. The van der Waals surface area contributed by atoms with Crippen LogP contribution in [0.25, 0.3) is 5.57 Å². The molecule has 2 nitrogen and oxygen atoms in total. The van der Waals surface area contributed by atoms with Gasteiger partial charge in [-0.15, -0.1) is 0 Å². The molecule has 15 heavy (non-hydrogen) atoms. The van der Waals surface area contributed by atoms with Gasteiger partial charge in [0.15, 0.2) is 0 Å². The molecule has 1 aliphatic rings. The molecule has 1 aromatic carbocycles. The second kappa shape index (κ2) is 4.78. The van der Waals surface area contributed by atoms with E-state index < -0.39 is 0 Å². The van der Waals surface area contributed by atoms with Crippen molar-refractivity contribution in [2.24, 2.45) is 5.16 Å². The van der Waals surface area contributed by atoms with Gasteiger partial charge in [0.05, 0.1) is 6.21 Å². The van der Waals surface area contributed by atoms with Crippen molar-refractivity contribution in [1.29, 1.82) is 0 Å². The molecule has 78 valence electrons. The molecule has 0 spiro atoms. The topological polar surface area (TPSA) is 32.6 Å². The van der Waals surface area contributed by atoms with E-state index in [2.05, 4.69) is 17.3 Å². The molecule has 0 atom stereocenters. The number of allylic oxidation sites excluding steroid dienone is 2. The third-order valence-corrected chi connectivity index (χ3v) is 2.85. The Balaban J connectivity index is 2.39. The lowest BCUT2D eigenvalue weighted by molar-refractivity contribution is 0.321. The molecule has 0 saturated heterocycles. The number of hydrogen-bond donors (Lipinski definition) is 1. The van der Waals surface area contributed by atoms with Crippen molar-refractivity contribution in [3.05, 3.63) is 41.5 Å². The van der Waals surface area contributed by atoms with Crippen molar-refractivity contribution in [1.82, 2.24) is 0 Å². The minimum absolute atomic E-state index is 1.02. The van der Waals surface area contributed by atoms with Crippen LogP contribution in [0.15, 0.2) is 41.1 Å². The summed E-state index contributed by atoms with van der Waals surface area (Å²) >= 11 is 0. The summed E-state index contributed by atoms with van der Waals surface area (Å²) in [5.41, 5.74) is 3.77. The van der Waals surface area contributed by atoms with Crippen LogP contribution >= 0.6 is 0 Å². The minimum Gasteiger partial charge on any atom is -0.411 e. The molecular weight excluding hydrogens is 186 g/mol. The van der Waals surface area contributed by atoms with E-state index in [4.69, 9.17) is 5.21 Å². The average Bonchev–Trinajstić information content (AvgIpc) is 2.31. The van der Waals surface area contributed by atoms with E-state index in [9.17, 15) is 0 Å². The van der Waals surface area contributed by atoms with Crippen molar-refractivity contribution >= 4 is 11.8 Å². The maximum absolute atomic E-state index is 8.62. The van der Waals surface area contributed by atoms with Crippen molar-refractivity contribution in [2.75, 3.05) is 0 Å². The van der Waals surface area contributed by atoms with Crippen LogP contribution in [-0.2, 0) is 0 Å². The summed E-state index contributed by atoms with van der Waals surface area (Å²) in [5.74, 6) is 0. The van der Waals surface area contributed by atoms with Crippen molar-refractivity contribution in [2.45, 2.75) is 25.7 Å². The molecule has 0 aliphatic heterocycles. The summed E-state index contributed by atoms with van der Waals surface area (Å²) < 4.78 is 0. The highest BCUT2D eigenvalue weighted by Gasteiger charge is 2.12. The SMILES string of the molecule is O/N=C/C1=C(c2ccccc2)CCCC1. The van der Waals surface area contributed by atoms with Gasteiger partial charge in [-0.2, -0.15) is 0 Å². The number of hydrogen-bond acceptors (Lipinski definition) is 2. The van der Waals surface area contributed by atoms with E-state index >= 15 is 0 Å². The maximum atomic E-state index is 8.62. The first kappa shape index (κ1) is 9.97. The van der Waals surface area contributed by atoms with Gasteiger partial charge in [-0.1, -0.05) is 35.5 Å². The van der Waals surface area contributed by atoms with Crippen LogP contribution in [0.4, 0.5) is 0 Å². The normalized spacial score (nSPS) is 17.3. The summed E-state index contributed by atoms with van der Waals surface area (Å²) in [5, 5.41) is 11.8. The van der Waals surface area contributed by atoms with Gasteiger partial charge >= 0.3 is 0 Å². The largest absolute Gasteiger partial charge is 0.411 e. The predicted molar refractivity (Wildman–Crippen MR) is 62.1 cm³/mol. The number of nitrogens with zero attached hydrogens (tertiary/aromatic N) is 1. The molecule has 1 N–H and O–H groups in total.